The zero-order chi connectivity index (χ0) is 18.0. The van der Waals surface area contributed by atoms with Crippen LogP contribution in [0.4, 0.5) is 5.95 Å². The van der Waals surface area contributed by atoms with E-state index in [1.54, 1.807) is 24.7 Å². The standard InChI is InChI=1S/C17H19N5O3/c1-10(2)12(16(24)25)19-17-20-14-13(15(23)21-17)22(9-18-14)8-11-6-4-3-5-7-11/h3-7,9-10,12H,8H2,1-2H3,(H,24,25)(H2,19,20,21,23). The van der Waals surface area contributed by atoms with Crippen molar-refractivity contribution in [2.75, 3.05) is 5.32 Å². The number of aromatic nitrogens is 4. The molecular formula is C17H19N5O3. The van der Waals surface area contributed by atoms with Gasteiger partial charge in [-0.25, -0.2) is 9.78 Å². The Bertz CT molecular complexity index is 946. The lowest BCUT2D eigenvalue weighted by molar-refractivity contribution is -0.138. The second kappa shape index (κ2) is 6.76. The quantitative estimate of drug-likeness (QED) is 0.629. The van der Waals surface area contributed by atoms with Crippen LogP contribution in [0.15, 0.2) is 41.5 Å². The molecule has 0 saturated heterocycles. The summed E-state index contributed by atoms with van der Waals surface area (Å²) in [4.78, 5) is 34.8. The maximum absolute atomic E-state index is 12.4. The average molecular weight is 341 g/mol. The van der Waals surface area contributed by atoms with E-state index < -0.39 is 12.0 Å². The molecule has 8 heteroatoms. The van der Waals surface area contributed by atoms with Crippen LogP contribution >= 0.6 is 0 Å². The van der Waals surface area contributed by atoms with Gasteiger partial charge in [0.15, 0.2) is 11.2 Å². The van der Waals surface area contributed by atoms with Crippen molar-refractivity contribution >= 4 is 23.1 Å². The molecule has 0 bridgehead atoms. The molecule has 0 fully saturated rings. The van der Waals surface area contributed by atoms with E-state index >= 15 is 0 Å². The van der Waals surface area contributed by atoms with Gasteiger partial charge in [0.25, 0.3) is 5.56 Å². The number of fused-ring (bicyclic) bond motifs is 1. The summed E-state index contributed by atoms with van der Waals surface area (Å²) < 4.78 is 1.72. The molecular weight excluding hydrogens is 322 g/mol. The number of carboxylic acids is 1. The van der Waals surface area contributed by atoms with E-state index in [1.165, 1.54) is 0 Å². The molecule has 1 aromatic carbocycles. The van der Waals surface area contributed by atoms with Crippen LogP contribution in [0.1, 0.15) is 19.4 Å². The molecule has 3 rings (SSSR count). The summed E-state index contributed by atoms with van der Waals surface area (Å²) in [5.41, 5.74) is 1.30. The number of nitrogens with zero attached hydrogens (tertiary/aromatic N) is 3. The van der Waals surface area contributed by atoms with Crippen LogP contribution in [0.25, 0.3) is 11.2 Å². The number of aromatic amines is 1. The first-order chi connectivity index (χ1) is 12.0. The van der Waals surface area contributed by atoms with Crippen LogP contribution < -0.4 is 10.9 Å². The number of hydrogen-bond acceptors (Lipinski definition) is 5. The van der Waals surface area contributed by atoms with E-state index in [2.05, 4.69) is 20.3 Å². The van der Waals surface area contributed by atoms with Gasteiger partial charge in [-0.2, -0.15) is 4.98 Å². The molecule has 3 aromatic rings. The zero-order valence-corrected chi connectivity index (χ0v) is 13.9. The highest BCUT2D eigenvalue weighted by atomic mass is 16.4. The van der Waals surface area contributed by atoms with Gasteiger partial charge in [0.1, 0.15) is 6.04 Å². The Kier molecular flexibility index (Phi) is 4.51. The fourth-order valence-corrected chi connectivity index (χ4v) is 2.62. The number of aliphatic carboxylic acids is 1. The van der Waals surface area contributed by atoms with Crippen LogP contribution in [0, 0.1) is 5.92 Å². The summed E-state index contributed by atoms with van der Waals surface area (Å²) in [5.74, 6) is -1.08. The minimum absolute atomic E-state index is 0.101. The van der Waals surface area contributed by atoms with Crippen LogP contribution in [0.5, 0.6) is 0 Å². The molecule has 1 atom stereocenters. The molecule has 0 amide bonds. The summed E-state index contributed by atoms with van der Waals surface area (Å²) >= 11 is 0. The first kappa shape index (κ1) is 16.7. The number of anilines is 1. The van der Waals surface area contributed by atoms with E-state index in [1.807, 2.05) is 30.3 Å². The molecule has 0 aliphatic heterocycles. The topological polar surface area (TPSA) is 113 Å². The van der Waals surface area contributed by atoms with Gasteiger partial charge >= 0.3 is 5.97 Å². The Balaban J connectivity index is 1.94. The largest absolute Gasteiger partial charge is 0.480 e. The summed E-state index contributed by atoms with van der Waals surface area (Å²) in [6.07, 6.45) is 1.56. The summed E-state index contributed by atoms with van der Waals surface area (Å²) in [7, 11) is 0. The second-order valence-electron chi connectivity index (χ2n) is 6.15. The predicted molar refractivity (Wildman–Crippen MR) is 93.6 cm³/mol. The van der Waals surface area contributed by atoms with Crippen molar-refractivity contribution < 1.29 is 9.90 Å². The Morgan fingerprint density at radius 3 is 2.68 bits per heavy atom. The minimum Gasteiger partial charge on any atom is -0.480 e. The third-order valence-corrected chi connectivity index (χ3v) is 3.90. The van der Waals surface area contributed by atoms with Crippen molar-refractivity contribution in [2.24, 2.45) is 5.92 Å². The third kappa shape index (κ3) is 3.52. The number of benzene rings is 1. The van der Waals surface area contributed by atoms with Gasteiger partial charge in [-0.15, -0.1) is 0 Å². The molecule has 25 heavy (non-hydrogen) atoms. The molecule has 2 heterocycles. The highest BCUT2D eigenvalue weighted by Gasteiger charge is 2.22. The van der Waals surface area contributed by atoms with Crippen molar-refractivity contribution in [3.8, 4) is 0 Å². The minimum atomic E-state index is -1.01. The monoisotopic (exact) mass is 341 g/mol. The Morgan fingerprint density at radius 1 is 1.32 bits per heavy atom. The smallest absolute Gasteiger partial charge is 0.326 e. The van der Waals surface area contributed by atoms with E-state index in [4.69, 9.17) is 0 Å². The Labute approximate surface area is 143 Å². The molecule has 2 aromatic heterocycles. The number of rotatable bonds is 6. The highest BCUT2D eigenvalue weighted by molar-refractivity contribution is 5.77. The van der Waals surface area contributed by atoms with Gasteiger partial charge in [0, 0.05) is 6.54 Å². The van der Waals surface area contributed by atoms with Gasteiger partial charge < -0.3 is 15.0 Å². The van der Waals surface area contributed by atoms with Crippen molar-refractivity contribution in [3.05, 3.63) is 52.6 Å². The first-order valence-electron chi connectivity index (χ1n) is 7.94. The zero-order valence-electron chi connectivity index (χ0n) is 13.9. The normalized spacial score (nSPS) is 12.4. The number of carbonyl (C=O) groups is 1. The van der Waals surface area contributed by atoms with Crippen LogP contribution in [-0.2, 0) is 11.3 Å². The molecule has 1 unspecified atom stereocenters. The summed E-state index contributed by atoms with van der Waals surface area (Å²) in [6, 6.07) is 8.85. The number of H-pyrrole nitrogens is 1. The average Bonchev–Trinajstić information content (AvgIpc) is 2.96. The van der Waals surface area contributed by atoms with Crippen molar-refractivity contribution in [1.29, 1.82) is 0 Å². The van der Waals surface area contributed by atoms with Crippen molar-refractivity contribution in [1.82, 2.24) is 19.5 Å². The molecule has 0 saturated carbocycles. The van der Waals surface area contributed by atoms with Gasteiger partial charge in [-0.3, -0.25) is 9.78 Å². The Morgan fingerprint density at radius 2 is 2.04 bits per heavy atom. The molecule has 0 spiro atoms. The van der Waals surface area contributed by atoms with Crippen LogP contribution in [0.2, 0.25) is 0 Å². The summed E-state index contributed by atoms with van der Waals surface area (Å²) in [5, 5.41) is 12.0. The molecule has 0 aliphatic carbocycles. The summed E-state index contributed by atoms with van der Waals surface area (Å²) in [6.45, 7) is 4.05. The molecule has 3 N–H and O–H groups in total. The van der Waals surface area contributed by atoms with Crippen molar-refractivity contribution in [2.45, 2.75) is 26.4 Å². The molecule has 130 valence electrons. The van der Waals surface area contributed by atoms with E-state index in [0.29, 0.717) is 12.1 Å². The number of hydrogen-bond donors (Lipinski definition) is 3. The van der Waals surface area contributed by atoms with E-state index in [9.17, 15) is 14.7 Å². The SMILES string of the molecule is CC(C)C(Nc1nc2ncn(Cc3ccccc3)c2c(=O)[nH]1)C(=O)O. The maximum atomic E-state index is 12.4. The lowest BCUT2D eigenvalue weighted by Gasteiger charge is -2.17. The molecule has 8 nitrogen and oxygen atoms in total. The lowest BCUT2D eigenvalue weighted by atomic mass is 10.1. The van der Waals surface area contributed by atoms with E-state index in [0.717, 1.165) is 5.56 Å². The lowest BCUT2D eigenvalue weighted by Crippen LogP contribution is -2.35. The van der Waals surface area contributed by atoms with E-state index in [-0.39, 0.29) is 23.1 Å². The van der Waals surface area contributed by atoms with Gasteiger partial charge in [-0.1, -0.05) is 44.2 Å². The highest BCUT2D eigenvalue weighted by Crippen LogP contribution is 2.13. The number of carboxylic acid groups (broad SMARTS) is 1. The van der Waals surface area contributed by atoms with Crippen LogP contribution in [-0.4, -0.2) is 36.6 Å². The van der Waals surface area contributed by atoms with Crippen molar-refractivity contribution in [3.63, 3.8) is 0 Å². The maximum Gasteiger partial charge on any atom is 0.326 e. The third-order valence-electron chi connectivity index (χ3n) is 3.90. The second-order valence-corrected chi connectivity index (χ2v) is 6.15. The molecule has 0 radical (unpaired) electrons. The predicted octanol–water partition coefficient (Wildman–Crippen LogP) is 1.69. The fourth-order valence-electron chi connectivity index (χ4n) is 2.62. The fraction of sp³-hybridized carbons (Fsp3) is 0.294. The van der Waals surface area contributed by atoms with Crippen LogP contribution in [0.3, 0.4) is 0 Å². The van der Waals surface area contributed by atoms with Gasteiger partial charge in [0.05, 0.1) is 6.33 Å². The Hall–Kier alpha value is -3.16. The first-order valence-corrected chi connectivity index (χ1v) is 7.94. The van der Waals surface area contributed by atoms with Gasteiger partial charge in [0.2, 0.25) is 5.95 Å². The number of nitrogens with one attached hydrogen (secondary N) is 2. The number of imidazole rings is 1. The molecule has 0 aliphatic rings. The van der Waals surface area contributed by atoms with Gasteiger partial charge in [-0.05, 0) is 11.5 Å².